The standard InChI is InChI=1S/C5H11N3O2S/c1-10-5(9)8-2-3-11-4(6)7/h2-3H2,1H3,(H3,6,7)(H,8,9). The molecule has 6 heteroatoms. The Balaban J connectivity index is 3.14. The van der Waals surface area contributed by atoms with Gasteiger partial charge < -0.3 is 15.8 Å². The van der Waals surface area contributed by atoms with Crippen molar-refractivity contribution >= 4 is 23.0 Å². The van der Waals surface area contributed by atoms with Crippen LogP contribution in [0.2, 0.25) is 0 Å². The number of carbonyl (C=O) groups excluding carboxylic acids is 1. The van der Waals surface area contributed by atoms with E-state index in [9.17, 15) is 4.79 Å². The molecule has 0 aromatic heterocycles. The summed E-state index contributed by atoms with van der Waals surface area (Å²) < 4.78 is 4.31. The first-order valence-electron chi connectivity index (χ1n) is 2.95. The maximum atomic E-state index is 10.4. The molecule has 0 aromatic carbocycles. The lowest BCUT2D eigenvalue weighted by molar-refractivity contribution is 0.172. The summed E-state index contributed by atoms with van der Waals surface area (Å²) in [6.45, 7) is 0.455. The molecule has 0 atom stereocenters. The number of rotatable bonds is 3. The fourth-order valence-electron chi connectivity index (χ4n) is 0.386. The summed E-state index contributed by atoms with van der Waals surface area (Å²) in [5.41, 5.74) is 5.04. The summed E-state index contributed by atoms with van der Waals surface area (Å²) in [4.78, 5) is 10.4. The van der Waals surface area contributed by atoms with Crippen molar-refractivity contribution in [3.05, 3.63) is 0 Å². The molecular formula is C5H11N3O2S. The molecule has 0 bridgehead atoms. The number of carbonyl (C=O) groups is 1. The summed E-state index contributed by atoms with van der Waals surface area (Å²) in [6, 6.07) is 0. The largest absolute Gasteiger partial charge is 0.453 e. The molecule has 0 radical (unpaired) electrons. The third kappa shape index (κ3) is 6.98. The molecule has 0 saturated heterocycles. The van der Waals surface area contributed by atoms with E-state index < -0.39 is 6.09 Å². The van der Waals surface area contributed by atoms with E-state index in [1.54, 1.807) is 0 Å². The van der Waals surface area contributed by atoms with Gasteiger partial charge in [-0.1, -0.05) is 11.8 Å². The van der Waals surface area contributed by atoms with E-state index in [0.29, 0.717) is 12.3 Å². The van der Waals surface area contributed by atoms with Crippen LogP contribution in [-0.2, 0) is 4.74 Å². The molecule has 0 aromatic rings. The number of methoxy groups -OCH3 is 1. The molecule has 4 N–H and O–H groups in total. The molecule has 1 amide bonds. The fourth-order valence-corrected chi connectivity index (χ4v) is 0.810. The first-order chi connectivity index (χ1) is 5.16. The highest BCUT2D eigenvalue weighted by Gasteiger charge is 1.96. The molecule has 5 nitrogen and oxygen atoms in total. The third-order valence-corrected chi connectivity index (χ3v) is 1.53. The van der Waals surface area contributed by atoms with E-state index in [0.717, 1.165) is 0 Å². The molecule has 64 valence electrons. The van der Waals surface area contributed by atoms with Crippen LogP contribution < -0.4 is 11.1 Å². The van der Waals surface area contributed by atoms with Crippen molar-refractivity contribution in [3.8, 4) is 0 Å². The van der Waals surface area contributed by atoms with Crippen LogP contribution >= 0.6 is 11.8 Å². The molecular weight excluding hydrogens is 166 g/mol. The molecule has 0 heterocycles. The zero-order valence-electron chi connectivity index (χ0n) is 6.22. The van der Waals surface area contributed by atoms with Gasteiger partial charge in [0.2, 0.25) is 0 Å². The average Bonchev–Trinajstić information content (AvgIpc) is 1.97. The molecule has 11 heavy (non-hydrogen) atoms. The zero-order valence-corrected chi connectivity index (χ0v) is 7.03. The molecule has 0 saturated carbocycles. The van der Waals surface area contributed by atoms with Crippen LogP contribution in [0.15, 0.2) is 0 Å². The van der Waals surface area contributed by atoms with E-state index in [1.165, 1.54) is 18.9 Å². The molecule has 0 aliphatic carbocycles. The van der Waals surface area contributed by atoms with Gasteiger partial charge in [0, 0.05) is 12.3 Å². The van der Waals surface area contributed by atoms with Crippen LogP contribution in [0, 0.1) is 5.41 Å². The van der Waals surface area contributed by atoms with Gasteiger partial charge in [0.25, 0.3) is 0 Å². The number of amidine groups is 1. The zero-order chi connectivity index (χ0) is 8.69. The second-order valence-electron chi connectivity index (χ2n) is 1.63. The van der Waals surface area contributed by atoms with E-state index in [2.05, 4.69) is 10.1 Å². The third-order valence-electron chi connectivity index (χ3n) is 0.814. The molecule has 0 unspecified atom stereocenters. The molecule has 0 aliphatic heterocycles. The van der Waals surface area contributed by atoms with Crippen LogP contribution in [0.1, 0.15) is 0 Å². The van der Waals surface area contributed by atoms with Gasteiger partial charge in [-0.05, 0) is 0 Å². The lowest BCUT2D eigenvalue weighted by atomic mass is 10.7. The quantitative estimate of drug-likeness (QED) is 0.321. The second kappa shape index (κ2) is 5.84. The lowest BCUT2D eigenvalue weighted by Gasteiger charge is -2.01. The Morgan fingerprint density at radius 1 is 1.82 bits per heavy atom. The summed E-state index contributed by atoms with van der Waals surface area (Å²) in [5.74, 6) is 0.588. The highest BCUT2D eigenvalue weighted by molar-refractivity contribution is 8.13. The molecule has 0 fully saturated rings. The Kier molecular flexibility index (Phi) is 5.36. The number of hydrogen-bond donors (Lipinski definition) is 3. The van der Waals surface area contributed by atoms with Crippen molar-refractivity contribution in [3.63, 3.8) is 0 Å². The predicted octanol–water partition coefficient (Wildman–Crippen LogP) is -0.0309. The number of hydrogen-bond acceptors (Lipinski definition) is 4. The number of ether oxygens (including phenoxy) is 1. The van der Waals surface area contributed by atoms with Crippen LogP contribution in [0.25, 0.3) is 0 Å². The SMILES string of the molecule is COC(=O)NCCSC(=N)N. The minimum Gasteiger partial charge on any atom is -0.453 e. The van der Waals surface area contributed by atoms with Crippen molar-refractivity contribution in [1.29, 1.82) is 5.41 Å². The Hall–Kier alpha value is -0.910. The monoisotopic (exact) mass is 177 g/mol. The molecule has 0 aliphatic rings. The second-order valence-corrected chi connectivity index (χ2v) is 2.77. The maximum absolute atomic E-state index is 10.4. The predicted molar refractivity (Wildman–Crippen MR) is 44.8 cm³/mol. The van der Waals surface area contributed by atoms with E-state index in [1.807, 2.05) is 0 Å². The van der Waals surface area contributed by atoms with Gasteiger partial charge >= 0.3 is 6.09 Å². The Bertz CT molecular complexity index is 151. The van der Waals surface area contributed by atoms with Gasteiger partial charge in [0.15, 0.2) is 5.17 Å². The minimum atomic E-state index is -0.464. The molecule has 0 rings (SSSR count). The Labute approximate surface area is 69.2 Å². The summed E-state index contributed by atoms with van der Waals surface area (Å²) in [7, 11) is 1.30. The van der Waals surface area contributed by atoms with Crippen LogP contribution in [0.4, 0.5) is 4.79 Å². The fraction of sp³-hybridized carbons (Fsp3) is 0.600. The number of nitrogens with two attached hydrogens (primary N) is 1. The highest BCUT2D eigenvalue weighted by atomic mass is 32.2. The first kappa shape index (κ1) is 10.1. The number of amides is 1. The Morgan fingerprint density at radius 2 is 2.45 bits per heavy atom. The molecule has 0 spiro atoms. The number of nitrogens with one attached hydrogen (secondary N) is 2. The average molecular weight is 177 g/mol. The topological polar surface area (TPSA) is 88.2 Å². The van der Waals surface area contributed by atoms with Gasteiger partial charge in [-0.3, -0.25) is 5.41 Å². The summed E-state index contributed by atoms with van der Waals surface area (Å²) in [6.07, 6.45) is -0.464. The van der Waals surface area contributed by atoms with Gasteiger partial charge in [-0.2, -0.15) is 0 Å². The van der Waals surface area contributed by atoms with E-state index in [-0.39, 0.29) is 5.17 Å². The number of alkyl carbamates (subject to hydrolysis) is 1. The van der Waals surface area contributed by atoms with E-state index >= 15 is 0 Å². The van der Waals surface area contributed by atoms with Crippen molar-refractivity contribution in [2.75, 3.05) is 19.4 Å². The van der Waals surface area contributed by atoms with Crippen LogP contribution in [0.3, 0.4) is 0 Å². The van der Waals surface area contributed by atoms with Crippen molar-refractivity contribution in [1.82, 2.24) is 5.32 Å². The summed E-state index contributed by atoms with van der Waals surface area (Å²) in [5, 5.41) is 9.33. The first-order valence-corrected chi connectivity index (χ1v) is 3.94. The smallest absolute Gasteiger partial charge is 0.406 e. The Morgan fingerprint density at radius 3 is 2.91 bits per heavy atom. The van der Waals surface area contributed by atoms with Gasteiger partial charge in [0.1, 0.15) is 0 Å². The maximum Gasteiger partial charge on any atom is 0.406 e. The van der Waals surface area contributed by atoms with Gasteiger partial charge in [-0.15, -0.1) is 0 Å². The van der Waals surface area contributed by atoms with Crippen LogP contribution in [0.5, 0.6) is 0 Å². The van der Waals surface area contributed by atoms with Gasteiger partial charge in [-0.25, -0.2) is 4.79 Å². The van der Waals surface area contributed by atoms with Gasteiger partial charge in [0.05, 0.1) is 7.11 Å². The van der Waals surface area contributed by atoms with Crippen molar-refractivity contribution < 1.29 is 9.53 Å². The van der Waals surface area contributed by atoms with Crippen molar-refractivity contribution in [2.45, 2.75) is 0 Å². The normalized spacial score (nSPS) is 8.82. The lowest BCUT2D eigenvalue weighted by Crippen LogP contribution is -2.26. The summed E-state index contributed by atoms with van der Waals surface area (Å²) >= 11 is 1.17. The van der Waals surface area contributed by atoms with E-state index in [4.69, 9.17) is 11.1 Å². The minimum absolute atomic E-state index is 0.0525. The van der Waals surface area contributed by atoms with Crippen molar-refractivity contribution in [2.24, 2.45) is 5.73 Å². The number of thioether (sulfide) groups is 1. The van der Waals surface area contributed by atoms with Crippen LogP contribution in [-0.4, -0.2) is 30.7 Å². The highest BCUT2D eigenvalue weighted by Crippen LogP contribution is 1.94.